The summed E-state index contributed by atoms with van der Waals surface area (Å²) in [7, 11) is 3.69. The van der Waals surface area contributed by atoms with Gasteiger partial charge < -0.3 is 20.7 Å². The van der Waals surface area contributed by atoms with E-state index in [4.69, 9.17) is 4.74 Å². The molecule has 0 saturated heterocycles. The van der Waals surface area contributed by atoms with Gasteiger partial charge in [-0.3, -0.25) is 4.99 Å². The van der Waals surface area contributed by atoms with Crippen LogP contribution in [0.4, 0.5) is 21.5 Å². The van der Waals surface area contributed by atoms with Crippen molar-refractivity contribution in [1.29, 1.82) is 0 Å². The fourth-order valence-corrected chi connectivity index (χ4v) is 2.42. The van der Waals surface area contributed by atoms with Gasteiger partial charge in [0.05, 0.1) is 11.3 Å². The molecule has 0 aromatic heterocycles. The molecule has 0 atom stereocenters. The van der Waals surface area contributed by atoms with E-state index in [1.165, 1.54) is 6.07 Å². The number of rotatable bonds is 9. The molecule has 5 nitrogen and oxygen atoms in total. The van der Waals surface area contributed by atoms with Gasteiger partial charge in [-0.05, 0) is 38.2 Å². The Kier molecular flexibility index (Phi) is 7.17. The van der Waals surface area contributed by atoms with Crippen molar-refractivity contribution in [3.63, 3.8) is 0 Å². The smallest absolute Gasteiger partial charge is 0.138 e. The molecule has 0 bridgehead atoms. The van der Waals surface area contributed by atoms with Crippen molar-refractivity contribution in [2.75, 3.05) is 37.9 Å². The number of likely N-dealkylation sites (N-methyl/N-ethyl adjacent to an activating group) is 1. The average Bonchev–Trinajstić information content (AvgIpc) is 2.62. The molecule has 0 fully saturated rings. The van der Waals surface area contributed by atoms with Crippen molar-refractivity contribution in [2.45, 2.75) is 6.92 Å². The van der Waals surface area contributed by atoms with Crippen LogP contribution in [0.15, 0.2) is 48.0 Å². The Hall–Kier alpha value is -2.86. The van der Waals surface area contributed by atoms with E-state index in [2.05, 4.69) is 27.5 Å². The normalized spacial score (nSPS) is 10.8. The van der Waals surface area contributed by atoms with Crippen LogP contribution in [-0.2, 0) is 0 Å². The summed E-state index contributed by atoms with van der Waals surface area (Å²) in [6.07, 6.45) is 1.62. The summed E-state index contributed by atoms with van der Waals surface area (Å²) in [4.78, 5) is 4.27. The molecule has 0 saturated carbocycles. The molecule has 138 valence electrons. The standard InChI is InChI=1S/C20H25FN4O/c1-5-24-19-13-17(26-11-10-22-3)12-18(21)20(19)14(2)25-16-8-6-15(23-4)7-9-16/h5-9,12-13,22-23,25H,2,10-11H2,1,3-4H3. The first-order valence-electron chi connectivity index (χ1n) is 8.42. The van der Waals surface area contributed by atoms with E-state index >= 15 is 0 Å². The fourth-order valence-electron chi connectivity index (χ4n) is 2.42. The highest BCUT2D eigenvalue weighted by molar-refractivity contribution is 5.83. The molecule has 0 aliphatic carbocycles. The highest BCUT2D eigenvalue weighted by Gasteiger charge is 2.15. The van der Waals surface area contributed by atoms with Crippen molar-refractivity contribution in [3.05, 3.63) is 54.4 Å². The molecule has 2 aromatic rings. The van der Waals surface area contributed by atoms with E-state index in [0.29, 0.717) is 35.8 Å². The van der Waals surface area contributed by atoms with E-state index in [9.17, 15) is 4.39 Å². The van der Waals surface area contributed by atoms with Crippen LogP contribution in [0.2, 0.25) is 0 Å². The van der Waals surface area contributed by atoms with Crippen molar-refractivity contribution < 1.29 is 9.13 Å². The van der Waals surface area contributed by atoms with Crippen LogP contribution in [0.25, 0.3) is 5.70 Å². The molecule has 6 heteroatoms. The van der Waals surface area contributed by atoms with Gasteiger partial charge >= 0.3 is 0 Å². The molecule has 2 rings (SSSR count). The van der Waals surface area contributed by atoms with Crippen LogP contribution in [0, 0.1) is 5.82 Å². The number of nitrogens with one attached hydrogen (secondary N) is 3. The maximum atomic E-state index is 14.7. The maximum absolute atomic E-state index is 14.7. The molecular weight excluding hydrogens is 331 g/mol. The zero-order valence-corrected chi connectivity index (χ0v) is 15.4. The number of benzene rings is 2. The van der Waals surface area contributed by atoms with Crippen LogP contribution in [0.1, 0.15) is 12.5 Å². The highest BCUT2D eigenvalue weighted by Crippen LogP contribution is 2.33. The van der Waals surface area contributed by atoms with Gasteiger partial charge in [-0.25, -0.2) is 4.39 Å². The summed E-state index contributed by atoms with van der Waals surface area (Å²) < 4.78 is 20.3. The Morgan fingerprint density at radius 3 is 2.50 bits per heavy atom. The number of anilines is 2. The summed E-state index contributed by atoms with van der Waals surface area (Å²) in [5, 5.41) is 9.17. The van der Waals surface area contributed by atoms with Crippen LogP contribution in [0.5, 0.6) is 5.75 Å². The zero-order valence-electron chi connectivity index (χ0n) is 15.4. The van der Waals surface area contributed by atoms with E-state index in [1.54, 1.807) is 19.2 Å². The first-order valence-corrected chi connectivity index (χ1v) is 8.42. The third kappa shape index (κ3) is 5.07. The highest BCUT2D eigenvalue weighted by atomic mass is 19.1. The molecule has 0 heterocycles. The predicted octanol–water partition coefficient (Wildman–Crippen LogP) is 4.27. The predicted molar refractivity (Wildman–Crippen MR) is 108 cm³/mol. The van der Waals surface area contributed by atoms with E-state index < -0.39 is 5.82 Å². The maximum Gasteiger partial charge on any atom is 0.138 e. The van der Waals surface area contributed by atoms with Crippen LogP contribution in [-0.4, -0.2) is 33.5 Å². The molecular formula is C20H25FN4O. The largest absolute Gasteiger partial charge is 0.492 e. The monoisotopic (exact) mass is 356 g/mol. The molecule has 2 aromatic carbocycles. The first-order chi connectivity index (χ1) is 12.6. The molecule has 0 aliphatic heterocycles. The Morgan fingerprint density at radius 2 is 1.88 bits per heavy atom. The van der Waals surface area contributed by atoms with Gasteiger partial charge in [-0.2, -0.15) is 0 Å². The fraction of sp³-hybridized carbons (Fsp3) is 0.250. The summed E-state index contributed by atoms with van der Waals surface area (Å²) in [5.41, 5.74) is 3.03. The van der Waals surface area contributed by atoms with Crippen molar-refractivity contribution in [2.24, 2.45) is 4.99 Å². The quantitative estimate of drug-likeness (QED) is 0.464. The minimum atomic E-state index is -0.433. The lowest BCUT2D eigenvalue weighted by Crippen LogP contribution is -2.16. The average molecular weight is 356 g/mol. The Balaban J connectivity index is 2.26. The lowest BCUT2D eigenvalue weighted by molar-refractivity contribution is 0.317. The van der Waals surface area contributed by atoms with Crippen LogP contribution in [0.3, 0.4) is 0 Å². The summed E-state index contributed by atoms with van der Waals surface area (Å²) in [6, 6.07) is 10.7. The van der Waals surface area contributed by atoms with Crippen LogP contribution < -0.4 is 20.7 Å². The number of hydrogen-bond donors (Lipinski definition) is 3. The zero-order chi connectivity index (χ0) is 18.9. The molecule has 0 spiro atoms. The van der Waals surface area contributed by atoms with Gasteiger partial charge in [-0.15, -0.1) is 0 Å². The summed E-state index contributed by atoms with van der Waals surface area (Å²) in [6.45, 7) is 6.88. The summed E-state index contributed by atoms with van der Waals surface area (Å²) >= 11 is 0. The number of ether oxygens (including phenoxy) is 1. The first kappa shape index (κ1) is 19.5. The van der Waals surface area contributed by atoms with E-state index in [-0.39, 0.29) is 0 Å². The molecule has 0 aliphatic rings. The molecule has 0 unspecified atom stereocenters. The third-order valence-corrected chi connectivity index (χ3v) is 3.70. The Morgan fingerprint density at radius 1 is 1.19 bits per heavy atom. The second-order valence-electron chi connectivity index (χ2n) is 5.57. The number of hydrogen-bond acceptors (Lipinski definition) is 5. The number of aliphatic imine (C=N–C) groups is 1. The topological polar surface area (TPSA) is 57.7 Å². The van der Waals surface area contributed by atoms with E-state index in [0.717, 1.165) is 11.4 Å². The van der Waals surface area contributed by atoms with Crippen molar-refractivity contribution >= 4 is 29.0 Å². The Bertz CT molecular complexity index is 772. The second-order valence-corrected chi connectivity index (χ2v) is 5.57. The van der Waals surface area contributed by atoms with Gasteiger partial charge in [0.25, 0.3) is 0 Å². The lowest BCUT2D eigenvalue weighted by atomic mass is 10.1. The van der Waals surface area contributed by atoms with Gasteiger partial charge in [0.15, 0.2) is 0 Å². The molecule has 0 amide bonds. The molecule has 0 radical (unpaired) electrons. The van der Waals surface area contributed by atoms with Gasteiger partial charge in [0.1, 0.15) is 18.2 Å². The minimum absolute atomic E-state index is 0.321. The van der Waals surface area contributed by atoms with Crippen molar-refractivity contribution in [1.82, 2.24) is 5.32 Å². The molecule has 3 N–H and O–H groups in total. The SMILES string of the molecule is C=C(Nc1ccc(NC)cc1)c1c(F)cc(OCCNC)cc1N=CC. The van der Waals surface area contributed by atoms with Crippen LogP contribution >= 0.6 is 0 Å². The lowest BCUT2D eigenvalue weighted by Gasteiger charge is -2.15. The van der Waals surface area contributed by atoms with Crippen molar-refractivity contribution in [3.8, 4) is 5.75 Å². The summed E-state index contributed by atoms with van der Waals surface area (Å²) in [5.74, 6) is 0.00479. The third-order valence-electron chi connectivity index (χ3n) is 3.70. The van der Waals surface area contributed by atoms with Gasteiger partial charge in [0.2, 0.25) is 0 Å². The number of halogens is 1. The second kappa shape index (κ2) is 9.58. The number of nitrogens with zero attached hydrogens (tertiary/aromatic N) is 1. The van der Waals surface area contributed by atoms with E-state index in [1.807, 2.05) is 38.4 Å². The molecule has 26 heavy (non-hydrogen) atoms. The minimum Gasteiger partial charge on any atom is -0.492 e. The Labute approximate surface area is 154 Å². The van der Waals surface area contributed by atoms with Gasteiger partial charge in [-0.1, -0.05) is 6.58 Å². The van der Waals surface area contributed by atoms with Gasteiger partial charge in [0, 0.05) is 49.0 Å².